The Morgan fingerprint density at radius 3 is 0.757 bits per heavy atom. The highest BCUT2D eigenvalue weighted by Crippen LogP contribution is 2.47. The molecule has 334 valence electrons. The quantitative estimate of drug-likeness (QED) is 0.116. The van der Waals surface area contributed by atoms with Gasteiger partial charge < -0.3 is 9.13 Å². The summed E-state index contributed by atoms with van der Waals surface area (Å²) in [6.07, 6.45) is 0. The zero-order valence-electron chi connectivity index (χ0n) is 36.8. The highest BCUT2D eigenvalue weighted by molar-refractivity contribution is 6.23. The minimum absolute atomic E-state index is 0.322. The maximum Gasteiger partial charge on any atom is 0.123 e. The Morgan fingerprint density at radius 1 is 0.200 bits per heavy atom. The molecule has 2 heterocycles. The van der Waals surface area contributed by atoms with E-state index in [4.69, 9.17) is 0 Å². The van der Waals surface area contributed by atoms with Crippen LogP contribution in [-0.2, 0) is 0 Å². The third-order valence-corrected chi connectivity index (χ3v) is 13.7. The monoisotopic (exact) mass is 920 g/mol. The number of hydrogen-bond donors (Lipinski definition) is 0. The van der Waals surface area contributed by atoms with Crippen molar-refractivity contribution < 1.29 is 26.3 Å². The van der Waals surface area contributed by atoms with Gasteiger partial charge in [-0.1, -0.05) is 84.9 Å². The van der Waals surface area contributed by atoms with E-state index in [0.29, 0.717) is 43.6 Å². The Morgan fingerprint density at radius 2 is 0.457 bits per heavy atom. The highest BCUT2D eigenvalue weighted by Gasteiger charge is 2.22. The number of nitrogens with zero attached hydrogens (tertiary/aromatic N) is 2. The van der Waals surface area contributed by atoms with Crippen molar-refractivity contribution in [3.8, 4) is 55.9 Å². The molecule has 13 rings (SSSR count). The molecule has 8 heteroatoms. The number of halogens is 6. The van der Waals surface area contributed by atoms with E-state index in [-0.39, 0.29) is 11.6 Å². The summed E-state index contributed by atoms with van der Waals surface area (Å²) in [5.74, 6) is -2.36. The molecule has 0 saturated heterocycles. The second-order valence-corrected chi connectivity index (χ2v) is 17.7. The van der Waals surface area contributed by atoms with Gasteiger partial charge in [0.05, 0.1) is 22.1 Å². The summed E-state index contributed by atoms with van der Waals surface area (Å²) in [4.78, 5) is 0. The summed E-state index contributed by atoms with van der Waals surface area (Å²) >= 11 is 0. The second kappa shape index (κ2) is 15.9. The van der Waals surface area contributed by atoms with Crippen molar-refractivity contribution in [1.29, 1.82) is 0 Å². The molecule has 70 heavy (non-hydrogen) atoms. The predicted octanol–water partition coefficient (Wildman–Crippen LogP) is 17.7. The fraction of sp³-hybridized carbons (Fsp3) is 0. The average molecular weight is 921 g/mol. The Hall–Kier alpha value is -8.88. The Kier molecular flexibility index (Phi) is 9.36. The first-order chi connectivity index (χ1) is 34.1. The van der Waals surface area contributed by atoms with E-state index in [9.17, 15) is 26.3 Å². The van der Waals surface area contributed by atoms with Crippen molar-refractivity contribution in [2.24, 2.45) is 0 Å². The average Bonchev–Trinajstić information content (AvgIpc) is 3.86. The summed E-state index contributed by atoms with van der Waals surface area (Å²) in [5, 5.41) is 5.92. The standard InChI is InChI=1S/C62H34F6N2/c63-41-13-9-37(10-14-41)35-1-5-39(6-2-35)61-49-23-21-48(70-59-27-19-45(67)31-53(59)54-32-46(68)20-28-60(54)70)34-56(49)62(40-7-3-36(4-8-40)38-11-15-42(64)16-12-38)50-24-22-47(33-55(50)61)69-57-25-17-43(65)29-51(57)52-30-44(66)18-26-58(52)69/h1-34H. The Labute approximate surface area is 396 Å². The number of fused-ring (bicyclic) bond motifs is 8. The molecule has 0 amide bonds. The largest absolute Gasteiger partial charge is 0.309 e. The van der Waals surface area contributed by atoms with Crippen molar-refractivity contribution in [1.82, 2.24) is 9.13 Å². The van der Waals surface area contributed by atoms with Crippen LogP contribution in [-0.4, -0.2) is 9.13 Å². The first-order valence-electron chi connectivity index (χ1n) is 22.7. The molecular formula is C62H34F6N2. The summed E-state index contributed by atoms with van der Waals surface area (Å²) in [6.45, 7) is 0. The fourth-order valence-corrected chi connectivity index (χ4v) is 10.5. The third kappa shape index (κ3) is 6.66. The van der Waals surface area contributed by atoms with Gasteiger partial charge in [-0.15, -0.1) is 0 Å². The van der Waals surface area contributed by atoms with E-state index < -0.39 is 23.3 Å². The molecule has 0 aliphatic heterocycles. The van der Waals surface area contributed by atoms with E-state index in [2.05, 4.69) is 48.5 Å². The number of aromatic nitrogens is 2. The molecule has 0 fully saturated rings. The van der Waals surface area contributed by atoms with Gasteiger partial charge in [0.25, 0.3) is 0 Å². The maximum absolute atomic E-state index is 14.9. The summed E-state index contributed by atoms with van der Waals surface area (Å²) < 4.78 is 91.7. The van der Waals surface area contributed by atoms with Crippen LogP contribution in [0.25, 0.3) is 121 Å². The lowest BCUT2D eigenvalue weighted by molar-refractivity contribution is 0.627. The van der Waals surface area contributed by atoms with Gasteiger partial charge in [0.1, 0.15) is 34.9 Å². The van der Waals surface area contributed by atoms with Gasteiger partial charge in [-0.3, -0.25) is 0 Å². The van der Waals surface area contributed by atoms with E-state index in [1.807, 2.05) is 45.5 Å². The van der Waals surface area contributed by atoms with Crippen LogP contribution < -0.4 is 0 Å². The molecule has 13 aromatic rings. The molecule has 0 bridgehead atoms. The van der Waals surface area contributed by atoms with Crippen LogP contribution in [0.2, 0.25) is 0 Å². The zero-order chi connectivity index (χ0) is 47.4. The Bertz CT molecular complexity index is 3870. The predicted molar refractivity (Wildman–Crippen MR) is 272 cm³/mol. The summed E-state index contributed by atoms with van der Waals surface area (Å²) in [6, 6.07) is 59.8. The molecule has 0 radical (unpaired) electrons. The van der Waals surface area contributed by atoms with Gasteiger partial charge in [0.15, 0.2) is 0 Å². The summed E-state index contributed by atoms with van der Waals surface area (Å²) in [7, 11) is 0. The lowest BCUT2D eigenvalue weighted by Crippen LogP contribution is -1.98. The highest BCUT2D eigenvalue weighted by atomic mass is 19.1. The van der Waals surface area contributed by atoms with Crippen LogP contribution in [0.4, 0.5) is 26.3 Å². The van der Waals surface area contributed by atoms with Crippen LogP contribution in [0.1, 0.15) is 0 Å². The van der Waals surface area contributed by atoms with E-state index in [1.54, 1.807) is 48.5 Å². The van der Waals surface area contributed by atoms with Crippen molar-refractivity contribution in [3.63, 3.8) is 0 Å². The smallest absolute Gasteiger partial charge is 0.123 e. The molecule has 0 unspecified atom stereocenters. The maximum atomic E-state index is 14.9. The topological polar surface area (TPSA) is 9.86 Å². The van der Waals surface area contributed by atoms with Crippen molar-refractivity contribution in [2.45, 2.75) is 0 Å². The molecule has 0 spiro atoms. The summed E-state index contributed by atoms with van der Waals surface area (Å²) in [5.41, 5.74) is 11.5. The van der Waals surface area contributed by atoms with Gasteiger partial charge in [-0.05, 0) is 187 Å². The molecule has 11 aromatic carbocycles. The zero-order valence-corrected chi connectivity index (χ0v) is 36.8. The number of hydrogen-bond acceptors (Lipinski definition) is 0. The third-order valence-electron chi connectivity index (χ3n) is 13.7. The lowest BCUT2D eigenvalue weighted by atomic mass is 9.85. The van der Waals surface area contributed by atoms with Crippen LogP contribution in [0.3, 0.4) is 0 Å². The lowest BCUT2D eigenvalue weighted by Gasteiger charge is -2.21. The number of benzene rings is 11. The minimum Gasteiger partial charge on any atom is -0.309 e. The molecule has 0 aliphatic carbocycles. The van der Waals surface area contributed by atoms with Crippen LogP contribution in [0.5, 0.6) is 0 Å². The van der Waals surface area contributed by atoms with Crippen molar-refractivity contribution in [3.05, 3.63) is 241 Å². The SMILES string of the molecule is Fc1ccc(-c2ccc(-c3c4ccc(-n5c6ccc(F)cc6c6cc(F)ccc65)cc4c(-c4ccc(-c5ccc(F)cc5)cc4)c4ccc(-n5c6ccc(F)cc6c6cc(F)ccc65)cc34)cc2)cc1. The molecule has 2 nitrogen and oxygen atoms in total. The first kappa shape index (κ1) is 41.3. The molecule has 2 aromatic heterocycles. The van der Waals surface area contributed by atoms with E-state index >= 15 is 0 Å². The van der Waals surface area contributed by atoms with E-state index in [1.165, 1.54) is 72.8 Å². The minimum atomic E-state index is -0.429. The molecule has 0 saturated carbocycles. The molecular weight excluding hydrogens is 887 g/mol. The van der Waals surface area contributed by atoms with Crippen LogP contribution in [0.15, 0.2) is 206 Å². The van der Waals surface area contributed by atoms with Gasteiger partial charge in [0.2, 0.25) is 0 Å². The fourth-order valence-electron chi connectivity index (χ4n) is 10.5. The first-order valence-corrected chi connectivity index (χ1v) is 22.7. The van der Waals surface area contributed by atoms with Crippen molar-refractivity contribution in [2.75, 3.05) is 0 Å². The number of rotatable bonds is 6. The van der Waals surface area contributed by atoms with Crippen molar-refractivity contribution >= 4 is 65.2 Å². The van der Waals surface area contributed by atoms with E-state index in [0.717, 1.165) is 77.4 Å². The van der Waals surface area contributed by atoms with Gasteiger partial charge in [0, 0.05) is 32.9 Å². The van der Waals surface area contributed by atoms with Gasteiger partial charge in [-0.2, -0.15) is 0 Å². The molecule has 0 N–H and O–H groups in total. The molecule has 0 aliphatic rings. The second-order valence-electron chi connectivity index (χ2n) is 17.7. The van der Waals surface area contributed by atoms with Gasteiger partial charge >= 0.3 is 0 Å². The normalized spacial score (nSPS) is 11.9. The Balaban J connectivity index is 1.13. The molecule has 0 atom stereocenters. The van der Waals surface area contributed by atoms with Crippen LogP contribution in [0, 0.1) is 34.9 Å². The van der Waals surface area contributed by atoms with Crippen LogP contribution >= 0.6 is 0 Å². The van der Waals surface area contributed by atoms with Gasteiger partial charge in [-0.25, -0.2) is 26.3 Å².